The Bertz CT molecular complexity index is 613. The zero-order valence-corrected chi connectivity index (χ0v) is 12.7. The van der Waals surface area contributed by atoms with Crippen LogP contribution in [-0.4, -0.2) is 38.0 Å². The standard InChI is InChI=1S/C12H16ClFN2O3S/c1-7-5-16(6-8(2)19-7)20(17,18)11-4-9(15)3-10(13)12(11)14/h3-4,7-8H,5-6,15H2,1-2H3. The van der Waals surface area contributed by atoms with Crippen LogP contribution in [0.3, 0.4) is 0 Å². The van der Waals surface area contributed by atoms with E-state index in [0.29, 0.717) is 0 Å². The Morgan fingerprint density at radius 3 is 2.45 bits per heavy atom. The zero-order valence-electron chi connectivity index (χ0n) is 11.1. The molecule has 2 rings (SSSR count). The lowest BCUT2D eigenvalue weighted by molar-refractivity contribution is -0.0441. The molecule has 2 N–H and O–H groups in total. The number of rotatable bonds is 2. The number of hydrogen-bond acceptors (Lipinski definition) is 4. The van der Waals surface area contributed by atoms with Crippen LogP contribution in [0.15, 0.2) is 17.0 Å². The molecule has 1 saturated heterocycles. The van der Waals surface area contributed by atoms with Crippen LogP contribution in [0.4, 0.5) is 10.1 Å². The molecule has 112 valence electrons. The van der Waals surface area contributed by atoms with Crippen molar-refractivity contribution in [2.24, 2.45) is 0 Å². The van der Waals surface area contributed by atoms with E-state index in [0.717, 1.165) is 6.07 Å². The third kappa shape index (κ3) is 2.90. The first-order chi connectivity index (χ1) is 9.21. The highest BCUT2D eigenvalue weighted by molar-refractivity contribution is 7.89. The summed E-state index contributed by atoms with van der Waals surface area (Å²) in [6, 6.07) is 2.27. The number of benzene rings is 1. The van der Waals surface area contributed by atoms with Crippen LogP contribution >= 0.6 is 11.6 Å². The first-order valence-electron chi connectivity index (χ1n) is 6.12. The molecule has 1 aliphatic rings. The summed E-state index contributed by atoms with van der Waals surface area (Å²) >= 11 is 5.66. The molecule has 0 bridgehead atoms. The van der Waals surface area contributed by atoms with Gasteiger partial charge in [-0.05, 0) is 26.0 Å². The third-order valence-electron chi connectivity index (χ3n) is 3.02. The summed E-state index contributed by atoms with van der Waals surface area (Å²) in [5.41, 5.74) is 5.65. The number of morpholine rings is 1. The number of hydrogen-bond donors (Lipinski definition) is 1. The van der Waals surface area contributed by atoms with E-state index in [1.807, 2.05) is 0 Å². The molecule has 1 heterocycles. The summed E-state index contributed by atoms with van der Waals surface area (Å²) in [4.78, 5) is -0.496. The molecule has 1 fully saturated rings. The van der Waals surface area contributed by atoms with Crippen molar-refractivity contribution in [2.45, 2.75) is 31.0 Å². The number of halogens is 2. The van der Waals surface area contributed by atoms with Crippen molar-refractivity contribution in [3.63, 3.8) is 0 Å². The zero-order chi connectivity index (χ0) is 15.1. The lowest BCUT2D eigenvalue weighted by atomic mass is 10.3. The molecule has 1 aromatic rings. The molecule has 1 aliphatic heterocycles. The van der Waals surface area contributed by atoms with Gasteiger partial charge in [-0.15, -0.1) is 0 Å². The Morgan fingerprint density at radius 2 is 1.90 bits per heavy atom. The van der Waals surface area contributed by atoms with Crippen molar-refractivity contribution in [2.75, 3.05) is 18.8 Å². The lowest BCUT2D eigenvalue weighted by Crippen LogP contribution is -2.48. The second kappa shape index (κ2) is 5.48. The van der Waals surface area contributed by atoms with E-state index in [1.165, 1.54) is 10.4 Å². The molecule has 0 spiro atoms. The molecular formula is C12H16ClFN2O3S. The maximum Gasteiger partial charge on any atom is 0.246 e. The molecule has 0 aliphatic carbocycles. The molecule has 0 aromatic heterocycles. The predicted molar refractivity (Wildman–Crippen MR) is 74.6 cm³/mol. The van der Waals surface area contributed by atoms with E-state index < -0.39 is 20.7 Å². The van der Waals surface area contributed by atoms with Gasteiger partial charge in [-0.3, -0.25) is 0 Å². The molecule has 1 aromatic carbocycles. The van der Waals surface area contributed by atoms with E-state index >= 15 is 0 Å². The van der Waals surface area contributed by atoms with Gasteiger partial charge in [0.1, 0.15) is 4.90 Å². The van der Waals surface area contributed by atoms with Gasteiger partial charge in [-0.2, -0.15) is 4.31 Å². The molecule has 8 heteroatoms. The fraction of sp³-hybridized carbons (Fsp3) is 0.500. The number of nitrogens with two attached hydrogens (primary N) is 1. The number of nitrogen functional groups attached to an aromatic ring is 1. The largest absolute Gasteiger partial charge is 0.399 e. The fourth-order valence-corrected chi connectivity index (χ4v) is 4.23. The van der Waals surface area contributed by atoms with Crippen LogP contribution < -0.4 is 5.73 Å². The lowest BCUT2D eigenvalue weighted by Gasteiger charge is -2.34. The van der Waals surface area contributed by atoms with Crippen molar-refractivity contribution in [3.05, 3.63) is 23.0 Å². The number of ether oxygens (including phenoxy) is 1. The van der Waals surface area contributed by atoms with Gasteiger partial charge in [0.05, 0.1) is 17.2 Å². The minimum Gasteiger partial charge on any atom is -0.399 e. The summed E-state index contributed by atoms with van der Waals surface area (Å²) in [7, 11) is -3.99. The predicted octanol–water partition coefficient (Wildman–Crippen LogP) is 1.86. The summed E-state index contributed by atoms with van der Waals surface area (Å²) in [6.45, 7) is 3.86. The third-order valence-corrected chi connectivity index (χ3v) is 5.13. The van der Waals surface area contributed by atoms with Crippen molar-refractivity contribution in [1.82, 2.24) is 4.31 Å². The SMILES string of the molecule is CC1CN(S(=O)(=O)c2cc(N)cc(Cl)c2F)CC(C)O1. The highest BCUT2D eigenvalue weighted by atomic mass is 35.5. The molecule has 2 atom stereocenters. The van der Waals surface area contributed by atoms with Crippen molar-refractivity contribution >= 4 is 27.3 Å². The van der Waals surface area contributed by atoms with Gasteiger partial charge in [0.2, 0.25) is 10.0 Å². The van der Waals surface area contributed by atoms with Crippen LogP contribution in [0, 0.1) is 5.82 Å². The van der Waals surface area contributed by atoms with Gasteiger partial charge in [0, 0.05) is 18.8 Å². The van der Waals surface area contributed by atoms with Crippen LogP contribution in [0.1, 0.15) is 13.8 Å². The summed E-state index contributed by atoms with van der Waals surface area (Å²) in [6.07, 6.45) is -0.513. The molecule has 2 unspecified atom stereocenters. The maximum atomic E-state index is 14.0. The van der Waals surface area contributed by atoms with Crippen molar-refractivity contribution in [3.8, 4) is 0 Å². The summed E-state index contributed by atoms with van der Waals surface area (Å²) in [5.74, 6) is -0.979. The highest BCUT2D eigenvalue weighted by Crippen LogP contribution is 2.29. The normalized spacial score (nSPS) is 24.8. The quantitative estimate of drug-likeness (QED) is 0.844. The van der Waals surface area contributed by atoms with E-state index in [1.54, 1.807) is 13.8 Å². The van der Waals surface area contributed by atoms with E-state index in [2.05, 4.69) is 0 Å². The van der Waals surface area contributed by atoms with Crippen LogP contribution in [-0.2, 0) is 14.8 Å². The smallest absolute Gasteiger partial charge is 0.246 e. The van der Waals surface area contributed by atoms with Crippen molar-refractivity contribution in [1.29, 1.82) is 0 Å². The highest BCUT2D eigenvalue weighted by Gasteiger charge is 2.34. The van der Waals surface area contributed by atoms with Gasteiger partial charge in [-0.1, -0.05) is 11.6 Å². The van der Waals surface area contributed by atoms with Gasteiger partial charge in [0.25, 0.3) is 0 Å². The Balaban J connectivity index is 2.45. The van der Waals surface area contributed by atoms with E-state index in [9.17, 15) is 12.8 Å². The summed E-state index contributed by atoms with van der Waals surface area (Å²) < 4.78 is 45.7. The minimum absolute atomic E-state index is 0.101. The van der Waals surface area contributed by atoms with Gasteiger partial charge < -0.3 is 10.5 Å². The van der Waals surface area contributed by atoms with Crippen LogP contribution in [0.2, 0.25) is 5.02 Å². The average molecular weight is 323 g/mol. The van der Waals surface area contributed by atoms with E-state index in [-0.39, 0.29) is 36.0 Å². The number of anilines is 1. The average Bonchev–Trinajstić information content (AvgIpc) is 2.32. The Kier molecular flexibility index (Phi) is 4.24. The van der Waals surface area contributed by atoms with Crippen molar-refractivity contribution < 1.29 is 17.5 Å². The number of nitrogens with zero attached hydrogens (tertiary/aromatic N) is 1. The Hall–Kier alpha value is -0.890. The molecule has 5 nitrogen and oxygen atoms in total. The monoisotopic (exact) mass is 322 g/mol. The second-order valence-electron chi connectivity index (χ2n) is 4.89. The molecule has 0 radical (unpaired) electrons. The topological polar surface area (TPSA) is 72.6 Å². The molecular weight excluding hydrogens is 307 g/mol. The van der Waals surface area contributed by atoms with E-state index in [4.69, 9.17) is 22.1 Å². The Labute approximate surface area is 122 Å². The molecule has 20 heavy (non-hydrogen) atoms. The van der Waals surface area contributed by atoms with Gasteiger partial charge in [-0.25, -0.2) is 12.8 Å². The first kappa shape index (κ1) is 15.5. The fourth-order valence-electron chi connectivity index (χ4n) is 2.24. The molecule has 0 saturated carbocycles. The van der Waals surface area contributed by atoms with Gasteiger partial charge in [0.15, 0.2) is 5.82 Å². The Morgan fingerprint density at radius 1 is 1.35 bits per heavy atom. The molecule has 0 amide bonds. The maximum absolute atomic E-state index is 14.0. The summed E-state index contributed by atoms with van der Waals surface area (Å²) in [5, 5.41) is -0.307. The minimum atomic E-state index is -3.99. The van der Waals surface area contributed by atoms with Gasteiger partial charge >= 0.3 is 0 Å². The number of sulfonamides is 1. The van der Waals surface area contributed by atoms with Crippen LogP contribution in [0.5, 0.6) is 0 Å². The second-order valence-corrected chi connectivity index (χ2v) is 7.21. The van der Waals surface area contributed by atoms with Crippen LogP contribution in [0.25, 0.3) is 0 Å². The first-order valence-corrected chi connectivity index (χ1v) is 7.93.